The number of carbonyl (C=O) groups is 1. The summed E-state index contributed by atoms with van der Waals surface area (Å²) in [7, 11) is -1.79. The lowest BCUT2D eigenvalue weighted by Crippen LogP contribution is -2.31. The summed E-state index contributed by atoms with van der Waals surface area (Å²) in [5.41, 5.74) is 3.63. The molecule has 0 fully saturated rings. The largest absolute Gasteiger partial charge is 0.520 e. The molecule has 0 saturated carbocycles. The molecule has 0 saturated heterocycles. The average Bonchev–Trinajstić information content (AvgIpc) is 3.08. The van der Waals surface area contributed by atoms with E-state index < -0.39 is 16.6 Å². The molecule has 0 aliphatic heterocycles. The summed E-state index contributed by atoms with van der Waals surface area (Å²) in [6.45, 7) is 15.1. The summed E-state index contributed by atoms with van der Waals surface area (Å²) in [6.07, 6.45) is 18.7. The molecule has 0 heterocycles. The standard InChI is InChI=1S/C27H49NO4Si2/c1-9-10-13-16-24(31-33(3,4)5)21-19-23-20-22-26(28-30-2)25(23)17-14-11-12-15-18-27(29)32-34(6,7)8/h11,14,19,21,24H,9-10,12-13,15-18,20,22H2,1-8H3/b14-11-,21-19+,28-26+. The Morgan fingerprint density at radius 3 is 2.38 bits per heavy atom. The third-order valence-corrected chi connectivity index (χ3v) is 7.19. The minimum atomic E-state index is -1.79. The molecule has 1 aliphatic carbocycles. The Morgan fingerprint density at radius 1 is 1.03 bits per heavy atom. The molecule has 0 N–H and O–H groups in total. The van der Waals surface area contributed by atoms with E-state index in [1.165, 1.54) is 30.4 Å². The molecule has 0 aromatic heterocycles. The monoisotopic (exact) mass is 507 g/mol. The van der Waals surface area contributed by atoms with Gasteiger partial charge in [-0.3, -0.25) is 4.79 Å². The first kappa shape index (κ1) is 30.6. The molecule has 1 rings (SSSR count). The number of nitrogens with zero attached hydrogens (tertiary/aromatic N) is 1. The second kappa shape index (κ2) is 15.5. The van der Waals surface area contributed by atoms with Crippen LogP contribution in [0.25, 0.3) is 0 Å². The smallest absolute Gasteiger partial charge is 0.292 e. The lowest BCUT2D eigenvalue weighted by atomic mass is 10.0. The molecule has 0 amide bonds. The van der Waals surface area contributed by atoms with Crippen LogP contribution >= 0.6 is 0 Å². The number of allylic oxidation sites excluding steroid dienone is 5. The van der Waals surface area contributed by atoms with Gasteiger partial charge in [-0.1, -0.05) is 55.6 Å². The lowest BCUT2D eigenvalue weighted by Gasteiger charge is -2.24. The van der Waals surface area contributed by atoms with Crippen LogP contribution in [0.5, 0.6) is 0 Å². The Balaban J connectivity index is 2.78. The lowest BCUT2D eigenvalue weighted by molar-refractivity contribution is -0.135. The van der Waals surface area contributed by atoms with E-state index in [1.54, 1.807) is 7.11 Å². The van der Waals surface area contributed by atoms with Gasteiger partial charge in [0.05, 0.1) is 11.8 Å². The van der Waals surface area contributed by atoms with Gasteiger partial charge in [0.2, 0.25) is 8.32 Å². The molecular weight excluding hydrogens is 458 g/mol. The van der Waals surface area contributed by atoms with Crippen LogP contribution < -0.4 is 0 Å². The third-order valence-electron chi connectivity index (χ3n) is 5.34. The van der Waals surface area contributed by atoms with Gasteiger partial charge < -0.3 is 13.7 Å². The zero-order chi connectivity index (χ0) is 25.6. The van der Waals surface area contributed by atoms with Crippen molar-refractivity contribution in [3.05, 3.63) is 35.5 Å². The topological polar surface area (TPSA) is 57.1 Å². The molecule has 0 bridgehead atoms. The van der Waals surface area contributed by atoms with Gasteiger partial charge in [-0.05, 0) is 89.0 Å². The van der Waals surface area contributed by atoms with E-state index in [1.807, 2.05) is 19.6 Å². The third kappa shape index (κ3) is 14.1. The molecule has 1 unspecified atom stereocenters. The highest BCUT2D eigenvalue weighted by Gasteiger charge is 2.22. The summed E-state index contributed by atoms with van der Waals surface area (Å²) in [4.78, 5) is 17.0. The maximum atomic E-state index is 11.9. The van der Waals surface area contributed by atoms with Gasteiger partial charge in [0.1, 0.15) is 7.11 Å². The number of oxime groups is 1. The van der Waals surface area contributed by atoms with Crippen LogP contribution in [-0.4, -0.2) is 41.5 Å². The molecule has 1 aliphatic rings. The van der Waals surface area contributed by atoms with Crippen molar-refractivity contribution >= 4 is 28.3 Å². The van der Waals surface area contributed by atoms with Crippen LogP contribution in [0, 0.1) is 0 Å². The first-order chi connectivity index (χ1) is 15.9. The van der Waals surface area contributed by atoms with E-state index in [9.17, 15) is 4.79 Å². The molecule has 5 nitrogen and oxygen atoms in total. The van der Waals surface area contributed by atoms with E-state index >= 15 is 0 Å². The van der Waals surface area contributed by atoms with Crippen molar-refractivity contribution in [1.29, 1.82) is 0 Å². The molecule has 0 aromatic carbocycles. The Morgan fingerprint density at radius 2 is 1.76 bits per heavy atom. The van der Waals surface area contributed by atoms with Crippen LogP contribution in [0.4, 0.5) is 0 Å². The quantitative estimate of drug-likeness (QED) is 0.0921. The van der Waals surface area contributed by atoms with Gasteiger partial charge in [-0.15, -0.1) is 0 Å². The normalized spacial score (nSPS) is 17.4. The second-order valence-electron chi connectivity index (χ2n) is 11.0. The molecule has 7 heteroatoms. The fraction of sp³-hybridized carbons (Fsp3) is 0.704. The summed E-state index contributed by atoms with van der Waals surface area (Å²) in [5, 5.41) is 4.28. The van der Waals surface area contributed by atoms with Crippen LogP contribution in [0.2, 0.25) is 39.3 Å². The maximum Gasteiger partial charge on any atom is 0.292 e. The minimum Gasteiger partial charge on any atom is -0.520 e. The maximum absolute atomic E-state index is 11.9. The van der Waals surface area contributed by atoms with Crippen LogP contribution in [0.3, 0.4) is 0 Å². The van der Waals surface area contributed by atoms with Gasteiger partial charge >= 0.3 is 0 Å². The zero-order valence-corrected chi connectivity index (χ0v) is 25.0. The van der Waals surface area contributed by atoms with Gasteiger partial charge in [0, 0.05) is 6.42 Å². The highest BCUT2D eigenvalue weighted by Crippen LogP contribution is 2.29. The fourth-order valence-corrected chi connectivity index (χ4v) is 5.82. The van der Waals surface area contributed by atoms with Gasteiger partial charge in [0.25, 0.3) is 5.97 Å². The number of hydrogen-bond donors (Lipinski definition) is 0. The number of hydrogen-bond acceptors (Lipinski definition) is 5. The van der Waals surface area contributed by atoms with Crippen molar-refractivity contribution in [2.75, 3.05) is 7.11 Å². The fourth-order valence-electron chi connectivity index (χ4n) is 3.93. The predicted molar refractivity (Wildman–Crippen MR) is 149 cm³/mol. The highest BCUT2D eigenvalue weighted by atomic mass is 28.4. The van der Waals surface area contributed by atoms with Crippen molar-refractivity contribution in [2.45, 2.75) is 117 Å². The Kier molecular flexibility index (Phi) is 14.0. The number of carbonyl (C=O) groups excluding carboxylic acids is 1. The van der Waals surface area contributed by atoms with Crippen LogP contribution in [-0.2, 0) is 18.5 Å². The van der Waals surface area contributed by atoms with E-state index in [0.717, 1.165) is 44.2 Å². The number of unbranched alkanes of at least 4 members (excludes halogenated alkanes) is 3. The molecular formula is C27H49NO4Si2. The molecule has 1 atom stereocenters. The molecule has 34 heavy (non-hydrogen) atoms. The molecule has 0 radical (unpaired) electrons. The van der Waals surface area contributed by atoms with E-state index in [2.05, 4.69) is 56.0 Å². The first-order valence-electron chi connectivity index (χ1n) is 13.0. The van der Waals surface area contributed by atoms with Crippen molar-refractivity contribution in [1.82, 2.24) is 0 Å². The number of rotatable bonds is 16. The summed E-state index contributed by atoms with van der Waals surface area (Å²) < 4.78 is 12.0. The Bertz CT molecular complexity index is 743. The second-order valence-corrected chi connectivity index (χ2v) is 19.9. The molecule has 0 aromatic rings. The highest BCUT2D eigenvalue weighted by molar-refractivity contribution is 6.71. The first-order valence-corrected chi connectivity index (χ1v) is 19.8. The van der Waals surface area contributed by atoms with Gasteiger partial charge in [-0.25, -0.2) is 0 Å². The minimum absolute atomic E-state index is 0.0676. The van der Waals surface area contributed by atoms with E-state index in [-0.39, 0.29) is 12.1 Å². The van der Waals surface area contributed by atoms with Gasteiger partial charge in [-0.2, -0.15) is 0 Å². The van der Waals surface area contributed by atoms with Gasteiger partial charge in [0.15, 0.2) is 8.32 Å². The van der Waals surface area contributed by atoms with Crippen molar-refractivity contribution in [2.24, 2.45) is 5.16 Å². The average molecular weight is 508 g/mol. The van der Waals surface area contributed by atoms with E-state index in [0.29, 0.717) is 6.42 Å². The van der Waals surface area contributed by atoms with E-state index in [4.69, 9.17) is 13.7 Å². The molecule has 194 valence electrons. The van der Waals surface area contributed by atoms with Crippen LogP contribution in [0.1, 0.15) is 71.1 Å². The Hall–Kier alpha value is -1.45. The van der Waals surface area contributed by atoms with Crippen molar-refractivity contribution < 1.29 is 18.5 Å². The molecule has 0 spiro atoms. The van der Waals surface area contributed by atoms with Crippen LogP contribution in [0.15, 0.2) is 40.6 Å². The summed E-state index contributed by atoms with van der Waals surface area (Å²) in [5.74, 6) is -0.0676. The zero-order valence-electron chi connectivity index (χ0n) is 23.0. The Labute approximate surface area is 211 Å². The SMILES string of the molecule is CCCCCC(/C=C/C1=C(C/C=C\CCCC(=O)O[Si](C)(C)C)C(=N/OC)/CC1)O[Si](C)(C)C. The van der Waals surface area contributed by atoms with Crippen molar-refractivity contribution in [3.8, 4) is 0 Å². The summed E-state index contributed by atoms with van der Waals surface area (Å²) >= 11 is 0. The van der Waals surface area contributed by atoms with Crippen molar-refractivity contribution in [3.63, 3.8) is 0 Å². The summed E-state index contributed by atoms with van der Waals surface area (Å²) in [6, 6.07) is 0. The predicted octanol–water partition coefficient (Wildman–Crippen LogP) is 7.93.